The number of likely N-dealkylation sites (N-methyl/N-ethyl adjacent to an activating group) is 1. The van der Waals surface area contributed by atoms with Crippen LogP contribution in [0.15, 0.2) is 54.6 Å². The van der Waals surface area contributed by atoms with E-state index >= 15 is 0 Å². The number of aromatic hydroxyl groups is 1. The molecule has 1 unspecified atom stereocenters. The first-order valence-corrected chi connectivity index (χ1v) is 6.67. The second-order valence-electron chi connectivity index (χ2n) is 5.12. The molecule has 2 nitrogen and oxygen atoms in total. The van der Waals surface area contributed by atoms with Crippen molar-refractivity contribution in [3.63, 3.8) is 0 Å². The predicted molar refractivity (Wildman–Crippen MR) is 79.2 cm³/mol. The number of hydrogen-bond donors (Lipinski definition) is 1. The van der Waals surface area contributed by atoms with Gasteiger partial charge in [0.05, 0.1) is 0 Å². The zero-order chi connectivity index (χ0) is 13.7. The number of nitrogens with zero attached hydrogens (tertiary/aromatic N) is 1. The number of benzene rings is 2. The minimum absolute atomic E-state index is 0.343. The molecule has 0 amide bonds. The zero-order valence-electron chi connectivity index (χ0n) is 11.6. The molecule has 0 bridgehead atoms. The normalized spacial score (nSPS) is 12.6. The summed E-state index contributed by atoms with van der Waals surface area (Å²) >= 11 is 0. The van der Waals surface area contributed by atoms with Crippen LogP contribution < -0.4 is 0 Å². The Kier molecular flexibility index (Phi) is 4.58. The Labute approximate surface area is 115 Å². The van der Waals surface area contributed by atoms with Crippen LogP contribution in [0.1, 0.15) is 18.1 Å². The molecule has 100 valence electrons. The molecule has 0 aromatic heterocycles. The first-order valence-electron chi connectivity index (χ1n) is 6.67. The van der Waals surface area contributed by atoms with E-state index in [1.807, 2.05) is 18.2 Å². The maximum absolute atomic E-state index is 9.49. The molecule has 0 radical (unpaired) electrons. The highest BCUT2D eigenvalue weighted by atomic mass is 16.3. The fourth-order valence-electron chi connectivity index (χ4n) is 2.21. The van der Waals surface area contributed by atoms with Gasteiger partial charge in [-0.25, -0.2) is 0 Å². The van der Waals surface area contributed by atoms with Gasteiger partial charge in [0.2, 0.25) is 0 Å². The smallest absolute Gasteiger partial charge is 0.115 e. The second kappa shape index (κ2) is 6.39. The third kappa shape index (κ3) is 4.11. The Hall–Kier alpha value is -1.80. The molecule has 0 saturated carbocycles. The number of phenols is 1. The quantitative estimate of drug-likeness (QED) is 0.884. The lowest BCUT2D eigenvalue weighted by atomic mass is 10.1. The second-order valence-corrected chi connectivity index (χ2v) is 5.12. The Morgan fingerprint density at radius 1 is 1.00 bits per heavy atom. The van der Waals surface area contributed by atoms with Gasteiger partial charge < -0.3 is 5.11 Å². The molecule has 1 N–H and O–H groups in total. The highest BCUT2D eigenvalue weighted by Crippen LogP contribution is 2.15. The summed E-state index contributed by atoms with van der Waals surface area (Å²) in [5, 5.41) is 9.49. The molecule has 0 aliphatic heterocycles. The van der Waals surface area contributed by atoms with Crippen LogP contribution in [0.5, 0.6) is 5.75 Å². The summed E-state index contributed by atoms with van der Waals surface area (Å²) in [4.78, 5) is 2.33. The van der Waals surface area contributed by atoms with Crippen LogP contribution >= 0.6 is 0 Å². The van der Waals surface area contributed by atoms with Gasteiger partial charge in [-0.2, -0.15) is 0 Å². The van der Waals surface area contributed by atoms with Crippen molar-refractivity contribution in [1.29, 1.82) is 0 Å². The maximum Gasteiger partial charge on any atom is 0.115 e. The third-order valence-corrected chi connectivity index (χ3v) is 3.47. The average molecular weight is 255 g/mol. The van der Waals surface area contributed by atoms with Crippen LogP contribution in [0.25, 0.3) is 0 Å². The summed E-state index contributed by atoms with van der Waals surface area (Å²) in [5.41, 5.74) is 2.50. The first kappa shape index (κ1) is 13.6. The van der Waals surface area contributed by atoms with Crippen molar-refractivity contribution < 1.29 is 5.11 Å². The Bertz CT molecular complexity index is 510. The van der Waals surface area contributed by atoms with Gasteiger partial charge in [-0.1, -0.05) is 42.5 Å². The van der Waals surface area contributed by atoms with Crippen LogP contribution in [0.3, 0.4) is 0 Å². The van der Waals surface area contributed by atoms with Gasteiger partial charge in [-0.15, -0.1) is 0 Å². The Morgan fingerprint density at radius 2 is 1.68 bits per heavy atom. The lowest BCUT2D eigenvalue weighted by Crippen LogP contribution is -2.30. The molecule has 2 aromatic carbocycles. The van der Waals surface area contributed by atoms with Gasteiger partial charge in [0.15, 0.2) is 0 Å². The van der Waals surface area contributed by atoms with E-state index in [-0.39, 0.29) is 0 Å². The number of phenolic OH excluding ortho intramolecular Hbond substituents is 1. The van der Waals surface area contributed by atoms with Crippen molar-refractivity contribution >= 4 is 0 Å². The van der Waals surface area contributed by atoms with E-state index in [1.54, 1.807) is 6.07 Å². The molecule has 0 aliphatic rings. The van der Waals surface area contributed by atoms with Crippen LogP contribution in [0.4, 0.5) is 0 Å². The maximum atomic E-state index is 9.49. The summed E-state index contributed by atoms with van der Waals surface area (Å²) < 4.78 is 0. The lowest BCUT2D eigenvalue weighted by molar-refractivity contribution is 0.248. The SMILES string of the molecule is CC(Cc1cccc(O)c1)N(C)Cc1ccccc1. The summed E-state index contributed by atoms with van der Waals surface area (Å²) in [6, 6.07) is 18.4. The molecule has 2 aromatic rings. The molecular weight excluding hydrogens is 234 g/mol. The van der Waals surface area contributed by atoms with Crippen molar-refractivity contribution in [2.24, 2.45) is 0 Å². The zero-order valence-corrected chi connectivity index (χ0v) is 11.6. The summed E-state index contributed by atoms with van der Waals surface area (Å²) in [7, 11) is 2.14. The van der Waals surface area contributed by atoms with E-state index in [9.17, 15) is 5.11 Å². The van der Waals surface area contributed by atoms with Gasteiger partial charge in [0, 0.05) is 12.6 Å². The molecule has 2 heteroatoms. The van der Waals surface area contributed by atoms with Crippen molar-refractivity contribution in [3.8, 4) is 5.75 Å². The van der Waals surface area contributed by atoms with Crippen molar-refractivity contribution in [3.05, 3.63) is 65.7 Å². The van der Waals surface area contributed by atoms with Crippen LogP contribution in [-0.4, -0.2) is 23.1 Å². The molecule has 0 aliphatic carbocycles. The van der Waals surface area contributed by atoms with Crippen LogP contribution in [0, 0.1) is 0 Å². The topological polar surface area (TPSA) is 23.5 Å². The number of hydrogen-bond acceptors (Lipinski definition) is 2. The molecule has 0 heterocycles. The van der Waals surface area contributed by atoms with E-state index in [0.29, 0.717) is 11.8 Å². The monoisotopic (exact) mass is 255 g/mol. The van der Waals surface area contributed by atoms with E-state index in [4.69, 9.17) is 0 Å². The molecular formula is C17H21NO. The van der Waals surface area contributed by atoms with E-state index in [0.717, 1.165) is 13.0 Å². The van der Waals surface area contributed by atoms with Gasteiger partial charge in [0.1, 0.15) is 5.75 Å². The van der Waals surface area contributed by atoms with Gasteiger partial charge in [-0.05, 0) is 43.7 Å². The standard InChI is InChI=1S/C17H21NO/c1-14(11-16-9-6-10-17(19)12-16)18(2)13-15-7-4-3-5-8-15/h3-10,12,14,19H,11,13H2,1-2H3. The fraction of sp³-hybridized carbons (Fsp3) is 0.294. The minimum atomic E-state index is 0.343. The van der Waals surface area contributed by atoms with Crippen LogP contribution in [-0.2, 0) is 13.0 Å². The third-order valence-electron chi connectivity index (χ3n) is 3.47. The van der Waals surface area contributed by atoms with Crippen LogP contribution in [0.2, 0.25) is 0 Å². The molecule has 0 saturated heterocycles. The first-order chi connectivity index (χ1) is 9.15. The highest BCUT2D eigenvalue weighted by molar-refractivity contribution is 5.27. The summed E-state index contributed by atoms with van der Waals surface area (Å²) in [5.74, 6) is 0.343. The van der Waals surface area contributed by atoms with Crippen molar-refractivity contribution in [1.82, 2.24) is 4.90 Å². The molecule has 19 heavy (non-hydrogen) atoms. The molecule has 2 rings (SSSR count). The van der Waals surface area contributed by atoms with Gasteiger partial charge in [0.25, 0.3) is 0 Å². The minimum Gasteiger partial charge on any atom is -0.508 e. The van der Waals surface area contributed by atoms with Gasteiger partial charge in [-0.3, -0.25) is 4.90 Å². The Balaban J connectivity index is 1.94. The van der Waals surface area contributed by atoms with Crippen molar-refractivity contribution in [2.45, 2.75) is 25.9 Å². The Morgan fingerprint density at radius 3 is 2.37 bits per heavy atom. The average Bonchev–Trinajstić information content (AvgIpc) is 2.40. The lowest BCUT2D eigenvalue weighted by Gasteiger charge is -2.25. The van der Waals surface area contributed by atoms with E-state index < -0.39 is 0 Å². The number of rotatable bonds is 5. The fourth-order valence-corrected chi connectivity index (χ4v) is 2.21. The van der Waals surface area contributed by atoms with E-state index in [2.05, 4.69) is 49.2 Å². The van der Waals surface area contributed by atoms with Gasteiger partial charge >= 0.3 is 0 Å². The molecule has 0 fully saturated rings. The summed E-state index contributed by atoms with van der Waals surface area (Å²) in [6.07, 6.45) is 0.942. The molecule has 1 atom stereocenters. The highest BCUT2D eigenvalue weighted by Gasteiger charge is 2.10. The molecule has 0 spiro atoms. The predicted octanol–water partition coefficient (Wildman–Crippen LogP) is 3.46. The largest absolute Gasteiger partial charge is 0.508 e. The summed E-state index contributed by atoms with van der Waals surface area (Å²) in [6.45, 7) is 3.16. The van der Waals surface area contributed by atoms with E-state index in [1.165, 1.54) is 11.1 Å². The van der Waals surface area contributed by atoms with Crippen molar-refractivity contribution in [2.75, 3.05) is 7.05 Å².